The lowest BCUT2D eigenvalue weighted by Gasteiger charge is -1.92. The van der Waals surface area contributed by atoms with Gasteiger partial charge in [0.1, 0.15) is 0 Å². The molecule has 0 radical (unpaired) electrons. The molecule has 0 amide bonds. The molecule has 0 saturated heterocycles. The second-order valence-electron chi connectivity index (χ2n) is 2.12. The summed E-state index contributed by atoms with van der Waals surface area (Å²) in [4.78, 5) is 9.85. The van der Waals surface area contributed by atoms with Crippen molar-refractivity contribution in [1.29, 1.82) is 0 Å². The van der Waals surface area contributed by atoms with Crippen LogP contribution in [0, 0.1) is 10.1 Å². The second-order valence-corrected chi connectivity index (χ2v) is 2.12. The normalized spacial score (nSPS) is 12.0. The summed E-state index contributed by atoms with van der Waals surface area (Å²) >= 11 is 0. The van der Waals surface area contributed by atoms with Crippen molar-refractivity contribution in [3.63, 3.8) is 0 Å². The highest BCUT2D eigenvalue weighted by Gasteiger charge is 2.08. The Kier molecular flexibility index (Phi) is 3.88. The van der Waals surface area contributed by atoms with Crippen LogP contribution in [0.25, 0.3) is 0 Å². The molecule has 0 aliphatic carbocycles. The van der Waals surface area contributed by atoms with Crippen molar-refractivity contribution in [2.75, 3.05) is 0 Å². The maximum Gasteiger partial charge on any atom is 0.271 e. The third-order valence-corrected chi connectivity index (χ3v) is 1.08. The Labute approximate surface area is 65.9 Å². The lowest BCUT2D eigenvalue weighted by atomic mass is 10.2. The van der Waals surface area contributed by atoms with E-state index < -0.39 is 4.92 Å². The molecule has 0 saturated carbocycles. The van der Waals surface area contributed by atoms with Crippen molar-refractivity contribution in [3.05, 3.63) is 46.2 Å². The average molecular weight is 153 g/mol. The van der Waals surface area contributed by atoms with Crippen LogP contribution in [0.3, 0.4) is 0 Å². The molecule has 3 nitrogen and oxygen atoms in total. The third-order valence-electron chi connectivity index (χ3n) is 1.08. The molecule has 0 aromatic carbocycles. The van der Waals surface area contributed by atoms with Gasteiger partial charge in [0.15, 0.2) is 0 Å². The second kappa shape index (κ2) is 4.44. The summed E-state index contributed by atoms with van der Waals surface area (Å²) in [6.45, 7) is 6.89. The lowest BCUT2D eigenvalue weighted by molar-refractivity contribution is -0.420. The van der Waals surface area contributed by atoms with Crippen LogP contribution in [0.4, 0.5) is 0 Å². The minimum Gasteiger partial charge on any atom is -0.258 e. The van der Waals surface area contributed by atoms with E-state index in [2.05, 4.69) is 6.58 Å². The predicted molar refractivity (Wildman–Crippen MR) is 44.7 cm³/mol. The van der Waals surface area contributed by atoms with Gasteiger partial charge in [-0.15, -0.1) is 0 Å². The SMILES string of the molecule is C=C(C)/C(=C\C=C/C)[N+](=O)[O-]. The smallest absolute Gasteiger partial charge is 0.258 e. The fraction of sp³-hybridized carbons (Fsp3) is 0.250. The van der Waals surface area contributed by atoms with Gasteiger partial charge in [-0.3, -0.25) is 10.1 Å². The Morgan fingerprint density at radius 1 is 1.64 bits per heavy atom. The molecule has 0 aliphatic rings. The molecule has 0 unspecified atom stereocenters. The van der Waals surface area contributed by atoms with E-state index >= 15 is 0 Å². The van der Waals surface area contributed by atoms with Gasteiger partial charge in [-0.25, -0.2) is 0 Å². The van der Waals surface area contributed by atoms with Crippen LogP contribution in [-0.2, 0) is 0 Å². The molecule has 0 aromatic rings. The molecule has 0 aromatic heterocycles. The first-order chi connectivity index (χ1) is 5.09. The number of hydrogen-bond donors (Lipinski definition) is 0. The first kappa shape index (κ1) is 9.62. The quantitative estimate of drug-likeness (QED) is 0.354. The monoisotopic (exact) mass is 153 g/mol. The molecule has 0 rings (SSSR count). The van der Waals surface area contributed by atoms with Gasteiger partial charge in [-0.2, -0.15) is 0 Å². The molecule has 60 valence electrons. The molecule has 0 N–H and O–H groups in total. The highest BCUT2D eigenvalue weighted by atomic mass is 16.6. The third kappa shape index (κ3) is 3.35. The predicted octanol–water partition coefficient (Wildman–Crippen LogP) is 2.30. The van der Waals surface area contributed by atoms with Crippen LogP contribution in [0.2, 0.25) is 0 Å². The molecule has 0 atom stereocenters. The van der Waals surface area contributed by atoms with E-state index in [9.17, 15) is 10.1 Å². The number of allylic oxidation sites excluding steroid dienone is 4. The van der Waals surface area contributed by atoms with Gasteiger partial charge in [0, 0.05) is 11.6 Å². The van der Waals surface area contributed by atoms with E-state index in [4.69, 9.17) is 0 Å². The molecular formula is C8H11NO2. The molecule has 0 fully saturated rings. The Balaban J connectivity index is 4.60. The van der Waals surface area contributed by atoms with E-state index in [-0.39, 0.29) is 5.70 Å². The van der Waals surface area contributed by atoms with Crippen LogP contribution in [-0.4, -0.2) is 4.92 Å². The van der Waals surface area contributed by atoms with Gasteiger partial charge in [-0.1, -0.05) is 18.7 Å². The maximum atomic E-state index is 10.3. The van der Waals surface area contributed by atoms with E-state index in [1.165, 1.54) is 6.08 Å². The minimum absolute atomic E-state index is 0.0584. The fourth-order valence-corrected chi connectivity index (χ4v) is 0.546. The van der Waals surface area contributed by atoms with Crippen molar-refractivity contribution in [3.8, 4) is 0 Å². The van der Waals surface area contributed by atoms with Crippen LogP contribution in [0.15, 0.2) is 36.1 Å². The van der Waals surface area contributed by atoms with Gasteiger partial charge in [0.2, 0.25) is 0 Å². The Morgan fingerprint density at radius 3 is 2.45 bits per heavy atom. The van der Waals surface area contributed by atoms with Crippen LogP contribution in [0.1, 0.15) is 13.8 Å². The zero-order valence-electron chi connectivity index (χ0n) is 6.70. The average Bonchev–Trinajstić information content (AvgIpc) is 1.87. The fourth-order valence-electron chi connectivity index (χ4n) is 0.546. The first-order valence-electron chi connectivity index (χ1n) is 3.23. The summed E-state index contributed by atoms with van der Waals surface area (Å²) in [5.74, 6) is 0. The van der Waals surface area contributed by atoms with Gasteiger partial charge in [0.05, 0.1) is 4.92 Å². The Bertz CT molecular complexity index is 210. The van der Waals surface area contributed by atoms with E-state index in [1.54, 1.807) is 26.0 Å². The first-order valence-corrected chi connectivity index (χ1v) is 3.23. The van der Waals surface area contributed by atoms with Crippen molar-refractivity contribution in [1.82, 2.24) is 0 Å². The topological polar surface area (TPSA) is 43.1 Å². The number of nitrogens with zero attached hydrogens (tertiary/aromatic N) is 1. The lowest BCUT2D eigenvalue weighted by Crippen LogP contribution is -1.98. The van der Waals surface area contributed by atoms with Gasteiger partial charge in [-0.05, 0) is 13.8 Å². The molecule has 11 heavy (non-hydrogen) atoms. The zero-order chi connectivity index (χ0) is 8.85. The van der Waals surface area contributed by atoms with Crippen LogP contribution in [0.5, 0.6) is 0 Å². The van der Waals surface area contributed by atoms with Crippen molar-refractivity contribution in [2.24, 2.45) is 0 Å². The largest absolute Gasteiger partial charge is 0.271 e. The van der Waals surface area contributed by atoms with Gasteiger partial charge >= 0.3 is 0 Å². The molecule has 3 heteroatoms. The van der Waals surface area contributed by atoms with Gasteiger partial charge < -0.3 is 0 Å². The summed E-state index contributed by atoms with van der Waals surface area (Å²) in [6, 6.07) is 0. The number of hydrogen-bond acceptors (Lipinski definition) is 2. The van der Waals surface area contributed by atoms with Crippen molar-refractivity contribution in [2.45, 2.75) is 13.8 Å². The summed E-state index contributed by atoms with van der Waals surface area (Å²) in [6.07, 6.45) is 4.78. The Hall–Kier alpha value is -1.38. The molecule has 0 spiro atoms. The maximum absolute atomic E-state index is 10.3. The van der Waals surface area contributed by atoms with Crippen molar-refractivity contribution >= 4 is 0 Å². The summed E-state index contributed by atoms with van der Waals surface area (Å²) in [5, 5.41) is 10.3. The van der Waals surface area contributed by atoms with E-state index in [1.807, 2.05) is 0 Å². The summed E-state index contributed by atoms with van der Waals surface area (Å²) in [5.41, 5.74) is 0.524. The highest BCUT2D eigenvalue weighted by Crippen LogP contribution is 2.06. The Morgan fingerprint density at radius 2 is 2.18 bits per heavy atom. The molecule has 0 bridgehead atoms. The van der Waals surface area contributed by atoms with Gasteiger partial charge in [0.25, 0.3) is 5.70 Å². The highest BCUT2D eigenvalue weighted by molar-refractivity contribution is 5.23. The molecular weight excluding hydrogens is 142 g/mol. The van der Waals surface area contributed by atoms with E-state index in [0.717, 1.165) is 0 Å². The van der Waals surface area contributed by atoms with Crippen molar-refractivity contribution < 1.29 is 4.92 Å². The molecule has 0 heterocycles. The van der Waals surface area contributed by atoms with E-state index in [0.29, 0.717) is 5.57 Å². The van der Waals surface area contributed by atoms with Crippen LogP contribution < -0.4 is 0 Å². The molecule has 0 aliphatic heterocycles. The summed E-state index contributed by atoms with van der Waals surface area (Å²) in [7, 11) is 0. The number of nitro groups is 1. The zero-order valence-corrected chi connectivity index (χ0v) is 6.70. The summed E-state index contributed by atoms with van der Waals surface area (Å²) < 4.78 is 0. The minimum atomic E-state index is -0.442. The van der Waals surface area contributed by atoms with Crippen LogP contribution >= 0.6 is 0 Å². The number of rotatable bonds is 3. The standard InChI is InChI=1S/C8H11NO2/c1-4-5-6-8(7(2)3)9(10)11/h4-6H,2H2,1,3H3/b5-4-,8-6+.